The molecule has 4 rings (SSSR count). The fraction of sp³-hybridized carbons (Fsp3) is 0.400. The third-order valence-corrected chi connectivity index (χ3v) is 6.01. The lowest BCUT2D eigenvalue weighted by Gasteiger charge is -2.25. The molecule has 3 aromatic rings. The van der Waals surface area contributed by atoms with Crippen molar-refractivity contribution in [2.45, 2.75) is 44.8 Å². The van der Waals surface area contributed by atoms with E-state index in [0.717, 1.165) is 29.5 Å². The predicted octanol–water partition coefficient (Wildman–Crippen LogP) is 4.57. The quantitative estimate of drug-likeness (QED) is 0.674. The lowest BCUT2D eigenvalue weighted by Crippen LogP contribution is -2.39. The van der Waals surface area contributed by atoms with Gasteiger partial charge < -0.3 is 14.4 Å². The zero-order valence-electron chi connectivity index (χ0n) is 15.2. The van der Waals surface area contributed by atoms with Crippen LogP contribution in [0.4, 0.5) is 9.93 Å². The predicted molar refractivity (Wildman–Crippen MR) is 106 cm³/mol. The average molecular weight is 385 g/mol. The van der Waals surface area contributed by atoms with Crippen LogP contribution in [-0.4, -0.2) is 33.6 Å². The minimum atomic E-state index is -0.701. The molecule has 0 bridgehead atoms. The number of amides is 2. The van der Waals surface area contributed by atoms with Crippen molar-refractivity contribution in [3.63, 3.8) is 0 Å². The molecule has 2 amide bonds. The fourth-order valence-corrected chi connectivity index (χ4v) is 4.53. The van der Waals surface area contributed by atoms with E-state index in [1.165, 1.54) is 16.9 Å². The lowest BCUT2D eigenvalue weighted by molar-refractivity contribution is 0.110. The Hall–Kier alpha value is -2.38. The normalized spacial score (nSPS) is 18.1. The van der Waals surface area contributed by atoms with Crippen molar-refractivity contribution in [3.05, 3.63) is 47.9 Å². The van der Waals surface area contributed by atoms with Crippen LogP contribution in [0.25, 0.3) is 10.2 Å². The Morgan fingerprint density at radius 2 is 2.37 bits per heavy atom. The van der Waals surface area contributed by atoms with Crippen LogP contribution >= 0.6 is 11.3 Å². The molecule has 6 nitrogen and oxygen atoms in total. The largest absolute Gasteiger partial charge is 0.467 e. The number of likely N-dealkylation sites (tertiary alicyclic amines) is 1. The Balaban J connectivity index is 1.43. The molecule has 3 heterocycles. The molecular weight excluding hydrogens is 362 g/mol. The van der Waals surface area contributed by atoms with E-state index in [0.29, 0.717) is 23.9 Å². The van der Waals surface area contributed by atoms with Crippen LogP contribution in [0.5, 0.6) is 0 Å². The molecule has 2 N–H and O–H groups in total. The summed E-state index contributed by atoms with van der Waals surface area (Å²) in [5, 5.41) is 13.9. The number of fused-ring (bicyclic) bond motifs is 1. The van der Waals surface area contributed by atoms with E-state index in [2.05, 4.69) is 29.4 Å². The van der Waals surface area contributed by atoms with Gasteiger partial charge in [0.15, 0.2) is 5.13 Å². The van der Waals surface area contributed by atoms with Crippen LogP contribution in [0, 0.1) is 0 Å². The molecule has 0 saturated carbocycles. The molecule has 0 spiro atoms. The number of hydrogen-bond donors (Lipinski definition) is 2. The number of hydrogen-bond acceptors (Lipinski definition) is 5. The van der Waals surface area contributed by atoms with Crippen molar-refractivity contribution in [1.82, 2.24) is 9.88 Å². The third kappa shape index (κ3) is 3.84. The first-order valence-corrected chi connectivity index (χ1v) is 10.1. The summed E-state index contributed by atoms with van der Waals surface area (Å²) in [6, 6.07) is 9.55. The van der Waals surface area contributed by atoms with Gasteiger partial charge in [0.1, 0.15) is 11.9 Å². The van der Waals surface area contributed by atoms with E-state index in [4.69, 9.17) is 4.42 Å². The number of nitrogens with zero attached hydrogens (tertiary/aromatic N) is 2. The summed E-state index contributed by atoms with van der Waals surface area (Å²) in [5.74, 6) is 0.542. The molecule has 7 heteroatoms. The molecule has 1 aromatic carbocycles. The molecular formula is C20H23N3O3S. The molecule has 1 saturated heterocycles. The lowest BCUT2D eigenvalue weighted by atomic mass is 10.1. The SMILES string of the molecule is CCc1ccc2nc(NC(=O)N3CCC[C@H]3C[C@@H](O)c3ccco3)sc2c1. The summed E-state index contributed by atoms with van der Waals surface area (Å²) in [6.07, 6.45) is 4.11. The van der Waals surface area contributed by atoms with Gasteiger partial charge in [0.2, 0.25) is 0 Å². The highest BCUT2D eigenvalue weighted by Crippen LogP contribution is 2.30. The summed E-state index contributed by atoms with van der Waals surface area (Å²) < 4.78 is 6.35. The van der Waals surface area contributed by atoms with Gasteiger partial charge >= 0.3 is 6.03 Å². The number of aromatic nitrogens is 1. The van der Waals surface area contributed by atoms with Gasteiger partial charge in [-0.1, -0.05) is 24.3 Å². The van der Waals surface area contributed by atoms with E-state index in [1.807, 2.05) is 6.07 Å². The van der Waals surface area contributed by atoms with Gasteiger partial charge in [-0.3, -0.25) is 5.32 Å². The smallest absolute Gasteiger partial charge is 0.323 e. The van der Waals surface area contributed by atoms with Crippen molar-refractivity contribution in [3.8, 4) is 0 Å². The minimum Gasteiger partial charge on any atom is -0.467 e. The van der Waals surface area contributed by atoms with E-state index in [-0.39, 0.29) is 12.1 Å². The number of carbonyl (C=O) groups excluding carboxylic acids is 1. The minimum absolute atomic E-state index is 0.00817. The fourth-order valence-electron chi connectivity index (χ4n) is 3.61. The van der Waals surface area contributed by atoms with Crippen LogP contribution in [0.15, 0.2) is 41.0 Å². The maximum Gasteiger partial charge on any atom is 0.323 e. The topological polar surface area (TPSA) is 78.6 Å². The maximum absolute atomic E-state index is 12.8. The Morgan fingerprint density at radius 3 is 3.15 bits per heavy atom. The van der Waals surface area contributed by atoms with Gasteiger partial charge in [0.05, 0.1) is 16.5 Å². The zero-order chi connectivity index (χ0) is 18.8. The van der Waals surface area contributed by atoms with Gasteiger partial charge in [0, 0.05) is 19.0 Å². The van der Waals surface area contributed by atoms with Crippen molar-refractivity contribution in [1.29, 1.82) is 0 Å². The van der Waals surface area contributed by atoms with Gasteiger partial charge in [-0.15, -0.1) is 0 Å². The monoisotopic (exact) mass is 385 g/mol. The highest BCUT2D eigenvalue weighted by atomic mass is 32.1. The second kappa shape index (κ2) is 7.70. The van der Waals surface area contributed by atoms with Gasteiger partial charge in [0.25, 0.3) is 0 Å². The van der Waals surface area contributed by atoms with Gasteiger partial charge in [-0.25, -0.2) is 9.78 Å². The van der Waals surface area contributed by atoms with Crippen LogP contribution in [-0.2, 0) is 6.42 Å². The number of aliphatic hydroxyl groups is 1. The Morgan fingerprint density at radius 1 is 1.48 bits per heavy atom. The van der Waals surface area contributed by atoms with Gasteiger partial charge in [-0.05, 0) is 49.1 Å². The number of urea groups is 1. The third-order valence-electron chi connectivity index (χ3n) is 5.08. The summed E-state index contributed by atoms with van der Waals surface area (Å²) in [6.45, 7) is 2.81. The molecule has 0 aliphatic carbocycles. The maximum atomic E-state index is 12.8. The van der Waals surface area contributed by atoms with Crippen molar-refractivity contribution >= 4 is 32.7 Å². The number of aryl methyl sites for hydroxylation is 1. The highest BCUT2D eigenvalue weighted by molar-refractivity contribution is 7.22. The van der Waals surface area contributed by atoms with Crippen LogP contribution in [0.1, 0.15) is 43.6 Å². The Labute approximate surface area is 161 Å². The molecule has 142 valence electrons. The molecule has 1 fully saturated rings. The molecule has 2 atom stereocenters. The standard InChI is InChI=1S/C20H23N3O3S/c1-2-13-7-8-15-18(11-13)27-19(21-15)22-20(25)23-9-3-5-14(23)12-16(24)17-6-4-10-26-17/h4,6-8,10-11,14,16,24H,2-3,5,9,12H2,1H3,(H,21,22,25)/t14-,16+/m0/s1. The Kier molecular flexibility index (Phi) is 5.13. The molecule has 0 radical (unpaired) electrons. The van der Waals surface area contributed by atoms with Crippen molar-refractivity contribution in [2.75, 3.05) is 11.9 Å². The molecule has 0 unspecified atom stereocenters. The molecule has 27 heavy (non-hydrogen) atoms. The first kappa shape index (κ1) is 18.0. The summed E-state index contributed by atoms with van der Waals surface area (Å²) in [5.41, 5.74) is 2.16. The second-order valence-electron chi connectivity index (χ2n) is 6.86. The molecule has 2 aromatic heterocycles. The second-order valence-corrected chi connectivity index (χ2v) is 7.89. The highest BCUT2D eigenvalue weighted by Gasteiger charge is 2.31. The molecule has 1 aliphatic heterocycles. The molecule has 1 aliphatic rings. The zero-order valence-corrected chi connectivity index (χ0v) is 16.0. The van der Waals surface area contributed by atoms with Crippen molar-refractivity contribution < 1.29 is 14.3 Å². The van der Waals surface area contributed by atoms with Crippen LogP contribution in [0.2, 0.25) is 0 Å². The summed E-state index contributed by atoms with van der Waals surface area (Å²) >= 11 is 1.49. The van der Waals surface area contributed by atoms with E-state index in [1.54, 1.807) is 23.3 Å². The number of furan rings is 1. The number of anilines is 1. The number of aliphatic hydroxyl groups excluding tert-OH is 1. The average Bonchev–Trinajstić information content (AvgIpc) is 3.40. The summed E-state index contributed by atoms with van der Waals surface area (Å²) in [4.78, 5) is 19.1. The first-order chi connectivity index (χ1) is 13.1. The van der Waals surface area contributed by atoms with Gasteiger partial charge in [-0.2, -0.15) is 0 Å². The van der Waals surface area contributed by atoms with Crippen molar-refractivity contribution in [2.24, 2.45) is 0 Å². The Bertz CT molecular complexity index is 922. The number of benzene rings is 1. The van der Waals surface area contributed by atoms with E-state index in [9.17, 15) is 9.90 Å². The van der Waals surface area contributed by atoms with Crippen LogP contribution < -0.4 is 5.32 Å². The number of rotatable bonds is 5. The number of thiazole rings is 1. The summed E-state index contributed by atoms with van der Waals surface area (Å²) in [7, 11) is 0. The van der Waals surface area contributed by atoms with E-state index < -0.39 is 6.10 Å². The van der Waals surface area contributed by atoms with E-state index >= 15 is 0 Å². The first-order valence-electron chi connectivity index (χ1n) is 9.32. The number of nitrogens with one attached hydrogen (secondary N) is 1. The van der Waals surface area contributed by atoms with Crippen LogP contribution in [0.3, 0.4) is 0 Å². The number of carbonyl (C=O) groups is 1.